The summed E-state index contributed by atoms with van der Waals surface area (Å²) < 4.78 is 0. The Kier molecular flexibility index (Phi) is 3.66. The largest absolute Gasteiger partial charge is 0.393 e. The number of allylic oxidation sites excluding steroid dienone is 6. The van der Waals surface area contributed by atoms with Crippen molar-refractivity contribution in [2.45, 2.75) is 77.7 Å². The summed E-state index contributed by atoms with van der Waals surface area (Å²) in [4.78, 5) is 0. The maximum atomic E-state index is 10.6. The number of rotatable bonds is 0. The Bertz CT molecular complexity index is 641. The number of aliphatic hydroxyl groups is 1. The minimum Gasteiger partial charge on any atom is -0.393 e. The topological polar surface area (TPSA) is 20.2 Å². The molecule has 0 aromatic rings. The Labute approximate surface area is 153 Å². The van der Waals surface area contributed by atoms with Crippen LogP contribution in [0.5, 0.6) is 0 Å². The smallest absolute Gasteiger partial charge is 0.0596 e. The molecule has 0 spiro atoms. The lowest BCUT2D eigenvalue weighted by molar-refractivity contribution is -0.115. The molecule has 4 saturated carbocycles. The van der Waals surface area contributed by atoms with E-state index >= 15 is 0 Å². The van der Waals surface area contributed by atoms with Crippen LogP contribution in [0, 0.1) is 34.5 Å². The van der Waals surface area contributed by atoms with Gasteiger partial charge in [-0.05, 0) is 97.9 Å². The molecule has 5 aliphatic rings. The molecule has 25 heavy (non-hydrogen) atoms. The molecular formula is C24H34O. The van der Waals surface area contributed by atoms with Crippen LogP contribution in [-0.4, -0.2) is 11.2 Å². The van der Waals surface area contributed by atoms with Gasteiger partial charge >= 0.3 is 0 Å². The molecule has 0 radical (unpaired) electrons. The lowest BCUT2D eigenvalue weighted by Gasteiger charge is -2.60. The molecule has 1 heteroatoms. The number of fused-ring (bicyclic) bond motifs is 5. The van der Waals surface area contributed by atoms with Crippen LogP contribution in [0.3, 0.4) is 0 Å². The molecular weight excluding hydrogens is 304 g/mol. The minimum atomic E-state index is -0.0346. The minimum absolute atomic E-state index is 0.0346. The summed E-state index contributed by atoms with van der Waals surface area (Å²) in [5.74, 6) is 3.48. The zero-order chi connectivity index (χ0) is 17.2. The zero-order valence-corrected chi connectivity index (χ0v) is 16.0. The lowest BCUT2D eigenvalue weighted by atomic mass is 9.45. The monoisotopic (exact) mass is 338 g/mol. The van der Waals surface area contributed by atoms with Crippen LogP contribution in [0.25, 0.3) is 0 Å². The predicted molar refractivity (Wildman–Crippen MR) is 103 cm³/mol. The van der Waals surface area contributed by atoms with Gasteiger partial charge in [0, 0.05) is 0 Å². The van der Waals surface area contributed by atoms with Gasteiger partial charge in [-0.15, -0.1) is 0 Å². The maximum Gasteiger partial charge on any atom is 0.0596 e. The number of hydrogen-bond acceptors (Lipinski definition) is 1. The van der Waals surface area contributed by atoms with Gasteiger partial charge < -0.3 is 5.11 Å². The molecule has 0 aliphatic heterocycles. The third-order valence-corrected chi connectivity index (χ3v) is 9.54. The van der Waals surface area contributed by atoms with E-state index in [0.717, 1.165) is 30.1 Å². The standard InChI is InChI=1S/C24H34O/c1-23-13-11-17(16-5-3-4-6-16)15-18(23)7-8-19-20-9-10-22(25)24(20,2)14-12-21(19)23/h3-6,18-22,25H,7-15H2,1-2H3/t18-,19+,20+,21+,22-,23+,24+/m1/s1. The second kappa shape index (κ2) is 5.59. The van der Waals surface area contributed by atoms with Crippen LogP contribution in [0.15, 0.2) is 35.5 Å². The highest BCUT2D eigenvalue weighted by molar-refractivity contribution is 5.44. The van der Waals surface area contributed by atoms with E-state index in [0.29, 0.717) is 5.41 Å². The molecule has 0 aromatic carbocycles. The highest BCUT2D eigenvalue weighted by atomic mass is 16.3. The average molecular weight is 339 g/mol. The van der Waals surface area contributed by atoms with Gasteiger partial charge in [-0.1, -0.05) is 43.7 Å². The Morgan fingerprint density at radius 3 is 2.44 bits per heavy atom. The van der Waals surface area contributed by atoms with E-state index in [1.807, 2.05) is 0 Å². The maximum absolute atomic E-state index is 10.6. The van der Waals surface area contributed by atoms with Gasteiger partial charge in [0.15, 0.2) is 0 Å². The van der Waals surface area contributed by atoms with Crippen LogP contribution in [-0.2, 0) is 0 Å². The normalized spacial score (nSPS) is 51.4. The fraction of sp³-hybridized carbons (Fsp3) is 0.750. The molecule has 7 atom stereocenters. The van der Waals surface area contributed by atoms with Gasteiger partial charge in [0.1, 0.15) is 0 Å². The fourth-order valence-corrected chi connectivity index (χ4v) is 7.92. The van der Waals surface area contributed by atoms with Crippen molar-refractivity contribution in [2.75, 3.05) is 0 Å². The lowest BCUT2D eigenvalue weighted by Crippen LogP contribution is -2.53. The van der Waals surface area contributed by atoms with E-state index in [9.17, 15) is 5.11 Å². The van der Waals surface area contributed by atoms with Crippen molar-refractivity contribution < 1.29 is 5.11 Å². The third-order valence-electron chi connectivity index (χ3n) is 9.54. The molecule has 5 rings (SSSR count). The van der Waals surface area contributed by atoms with Crippen molar-refractivity contribution >= 4 is 0 Å². The second-order valence-corrected chi connectivity index (χ2v) is 10.3. The average Bonchev–Trinajstić information content (AvgIpc) is 3.23. The van der Waals surface area contributed by atoms with Gasteiger partial charge in [0.25, 0.3) is 0 Å². The number of aliphatic hydroxyl groups excluding tert-OH is 1. The molecule has 5 aliphatic carbocycles. The Hall–Kier alpha value is -0.820. The molecule has 1 N–H and O–H groups in total. The molecule has 4 fully saturated rings. The Morgan fingerprint density at radius 2 is 1.64 bits per heavy atom. The summed E-state index contributed by atoms with van der Waals surface area (Å²) >= 11 is 0. The first-order valence-corrected chi connectivity index (χ1v) is 10.8. The summed E-state index contributed by atoms with van der Waals surface area (Å²) in [6.07, 6.45) is 20.8. The van der Waals surface area contributed by atoms with E-state index in [-0.39, 0.29) is 11.5 Å². The third kappa shape index (κ3) is 2.24. The van der Waals surface area contributed by atoms with Crippen molar-refractivity contribution in [1.29, 1.82) is 0 Å². The van der Waals surface area contributed by atoms with Crippen molar-refractivity contribution in [1.82, 2.24) is 0 Å². The summed E-state index contributed by atoms with van der Waals surface area (Å²) in [5, 5.41) is 10.6. The second-order valence-electron chi connectivity index (χ2n) is 10.3. The summed E-state index contributed by atoms with van der Waals surface area (Å²) in [5.41, 5.74) is 4.02. The van der Waals surface area contributed by atoms with Crippen LogP contribution >= 0.6 is 0 Å². The van der Waals surface area contributed by atoms with Gasteiger partial charge in [0.2, 0.25) is 0 Å². The fourth-order valence-electron chi connectivity index (χ4n) is 7.92. The molecule has 0 unspecified atom stereocenters. The molecule has 0 bridgehead atoms. The quantitative estimate of drug-likeness (QED) is 0.590. The molecule has 1 nitrogen and oxygen atoms in total. The Morgan fingerprint density at radius 1 is 0.880 bits per heavy atom. The van der Waals surface area contributed by atoms with Crippen molar-refractivity contribution in [3.05, 3.63) is 35.5 Å². The van der Waals surface area contributed by atoms with Crippen LogP contribution in [0.2, 0.25) is 0 Å². The Balaban J connectivity index is 1.42. The first-order valence-electron chi connectivity index (χ1n) is 10.8. The summed E-state index contributed by atoms with van der Waals surface area (Å²) in [6, 6.07) is 0. The van der Waals surface area contributed by atoms with Crippen molar-refractivity contribution in [3.8, 4) is 0 Å². The zero-order valence-electron chi connectivity index (χ0n) is 16.0. The molecule has 0 aromatic heterocycles. The van der Waals surface area contributed by atoms with Crippen LogP contribution in [0.4, 0.5) is 0 Å². The van der Waals surface area contributed by atoms with E-state index in [1.165, 1.54) is 56.9 Å². The van der Waals surface area contributed by atoms with Crippen LogP contribution < -0.4 is 0 Å². The predicted octanol–water partition coefficient (Wildman–Crippen LogP) is 5.81. The van der Waals surface area contributed by atoms with Gasteiger partial charge in [-0.3, -0.25) is 0 Å². The first kappa shape index (κ1) is 16.4. The summed E-state index contributed by atoms with van der Waals surface area (Å²) in [7, 11) is 0. The number of hydrogen-bond donors (Lipinski definition) is 1. The van der Waals surface area contributed by atoms with Crippen molar-refractivity contribution in [2.24, 2.45) is 34.5 Å². The van der Waals surface area contributed by atoms with Gasteiger partial charge in [-0.2, -0.15) is 0 Å². The van der Waals surface area contributed by atoms with E-state index in [2.05, 4.69) is 38.2 Å². The molecule has 0 heterocycles. The first-order chi connectivity index (χ1) is 12.0. The van der Waals surface area contributed by atoms with E-state index < -0.39 is 0 Å². The summed E-state index contributed by atoms with van der Waals surface area (Å²) in [6.45, 7) is 5.05. The highest BCUT2D eigenvalue weighted by Gasteiger charge is 2.59. The van der Waals surface area contributed by atoms with Crippen molar-refractivity contribution in [3.63, 3.8) is 0 Å². The van der Waals surface area contributed by atoms with E-state index in [1.54, 1.807) is 5.57 Å². The van der Waals surface area contributed by atoms with Crippen LogP contribution in [0.1, 0.15) is 71.6 Å². The molecule has 136 valence electrons. The molecule has 0 saturated heterocycles. The van der Waals surface area contributed by atoms with Gasteiger partial charge in [0.05, 0.1) is 6.10 Å². The van der Waals surface area contributed by atoms with E-state index in [4.69, 9.17) is 0 Å². The highest BCUT2D eigenvalue weighted by Crippen LogP contribution is 2.66. The van der Waals surface area contributed by atoms with Gasteiger partial charge in [-0.25, -0.2) is 0 Å². The SMILES string of the molecule is C[C@]12CCC(=C3C=CC=C3)C[C@H]1CC[C@@H]1[C@@H]2CC[C@]2(C)[C@H](O)CC[C@@H]12. The molecule has 0 amide bonds.